The zero-order valence-electron chi connectivity index (χ0n) is 15.7. The van der Waals surface area contributed by atoms with E-state index in [0.29, 0.717) is 0 Å². The van der Waals surface area contributed by atoms with E-state index in [0.717, 1.165) is 55.2 Å². The molecule has 5 heteroatoms. The lowest BCUT2D eigenvalue weighted by Crippen LogP contribution is -2.39. The first-order valence-electron chi connectivity index (χ1n) is 9.54. The molecule has 2 aromatic rings. The molecule has 1 heterocycles. The van der Waals surface area contributed by atoms with Gasteiger partial charge in [-0.1, -0.05) is 61.0 Å². The zero-order valence-corrected chi connectivity index (χ0v) is 16.5. The van der Waals surface area contributed by atoms with Crippen LogP contribution in [0.3, 0.4) is 0 Å². The first-order valence-corrected chi connectivity index (χ1v) is 9.92. The quantitative estimate of drug-likeness (QED) is 0.590. The summed E-state index contributed by atoms with van der Waals surface area (Å²) in [6, 6.07) is 18.0. The number of benzene rings is 2. The van der Waals surface area contributed by atoms with Crippen LogP contribution in [0.25, 0.3) is 0 Å². The van der Waals surface area contributed by atoms with Gasteiger partial charge in [-0.25, -0.2) is 5.43 Å². The Bertz CT molecular complexity index is 766. The molecule has 0 radical (unpaired) electrons. The molecule has 1 N–H and O–H groups in total. The number of carbonyl (C=O) groups excluding carboxylic acids is 1. The highest BCUT2D eigenvalue weighted by Crippen LogP contribution is 2.20. The Labute approximate surface area is 166 Å². The van der Waals surface area contributed by atoms with E-state index >= 15 is 0 Å². The first-order chi connectivity index (χ1) is 13.2. The maximum Gasteiger partial charge on any atom is 0.243 e. The van der Waals surface area contributed by atoms with Crippen molar-refractivity contribution in [2.45, 2.75) is 32.7 Å². The lowest BCUT2D eigenvalue weighted by Gasteiger charge is -2.31. The Morgan fingerprint density at radius 2 is 1.78 bits per heavy atom. The lowest BCUT2D eigenvalue weighted by atomic mass is 9.96. The van der Waals surface area contributed by atoms with Crippen molar-refractivity contribution in [3.63, 3.8) is 0 Å². The van der Waals surface area contributed by atoms with E-state index < -0.39 is 0 Å². The molecule has 142 valence electrons. The maximum atomic E-state index is 12.5. The Morgan fingerprint density at radius 3 is 2.41 bits per heavy atom. The molecule has 0 aromatic heterocycles. The molecule has 0 saturated carbocycles. The van der Waals surface area contributed by atoms with Crippen LogP contribution >= 0.6 is 11.6 Å². The van der Waals surface area contributed by atoms with Gasteiger partial charge in [0.25, 0.3) is 0 Å². The molecule has 0 atom stereocenters. The van der Waals surface area contributed by atoms with Crippen LogP contribution in [0.1, 0.15) is 37.3 Å². The Kier molecular flexibility index (Phi) is 7.02. The topological polar surface area (TPSA) is 44.7 Å². The highest BCUT2D eigenvalue weighted by Gasteiger charge is 2.25. The van der Waals surface area contributed by atoms with Crippen LogP contribution < -0.4 is 5.43 Å². The smallest absolute Gasteiger partial charge is 0.243 e. The molecule has 4 nitrogen and oxygen atoms in total. The van der Waals surface area contributed by atoms with E-state index in [-0.39, 0.29) is 11.8 Å². The molecule has 1 aliphatic heterocycles. The van der Waals surface area contributed by atoms with Crippen molar-refractivity contribution in [2.75, 3.05) is 13.1 Å². The zero-order chi connectivity index (χ0) is 19.1. The Morgan fingerprint density at radius 1 is 1.11 bits per heavy atom. The molecule has 0 aliphatic carbocycles. The number of likely N-dealkylation sites (tertiary alicyclic amines) is 1. The summed E-state index contributed by atoms with van der Waals surface area (Å²) in [6.07, 6.45) is 2.51. The van der Waals surface area contributed by atoms with E-state index in [4.69, 9.17) is 11.6 Å². The van der Waals surface area contributed by atoms with Gasteiger partial charge in [0, 0.05) is 17.5 Å². The summed E-state index contributed by atoms with van der Waals surface area (Å²) >= 11 is 5.94. The van der Waals surface area contributed by atoms with Crippen molar-refractivity contribution in [1.29, 1.82) is 0 Å². The van der Waals surface area contributed by atoms with Crippen LogP contribution in [0.15, 0.2) is 59.7 Å². The number of amides is 1. The number of halogens is 1. The maximum absolute atomic E-state index is 12.5. The fourth-order valence-electron chi connectivity index (χ4n) is 3.39. The summed E-state index contributed by atoms with van der Waals surface area (Å²) in [5, 5.41) is 5.13. The van der Waals surface area contributed by atoms with Crippen LogP contribution in [-0.2, 0) is 11.3 Å². The van der Waals surface area contributed by atoms with Crippen molar-refractivity contribution in [3.8, 4) is 0 Å². The monoisotopic (exact) mass is 383 g/mol. The number of rotatable bonds is 6. The molecular formula is C22H26ClN3O. The van der Waals surface area contributed by atoms with E-state index in [9.17, 15) is 4.79 Å². The molecule has 1 saturated heterocycles. The van der Waals surface area contributed by atoms with E-state index in [1.165, 1.54) is 5.56 Å². The molecule has 0 unspecified atom stereocenters. The number of hydrazone groups is 1. The van der Waals surface area contributed by atoms with Gasteiger partial charge in [0.05, 0.1) is 5.71 Å². The third-order valence-corrected chi connectivity index (χ3v) is 5.27. The number of hydrogen-bond acceptors (Lipinski definition) is 3. The third-order valence-electron chi connectivity index (χ3n) is 5.02. The van der Waals surface area contributed by atoms with Crippen LogP contribution in [0.5, 0.6) is 0 Å². The molecule has 0 spiro atoms. The van der Waals surface area contributed by atoms with Gasteiger partial charge < -0.3 is 0 Å². The molecule has 0 bridgehead atoms. The summed E-state index contributed by atoms with van der Waals surface area (Å²) in [6.45, 7) is 4.79. The van der Waals surface area contributed by atoms with Crippen molar-refractivity contribution in [3.05, 3.63) is 70.7 Å². The van der Waals surface area contributed by atoms with Crippen molar-refractivity contribution in [2.24, 2.45) is 11.0 Å². The minimum atomic E-state index is 0.0306. The van der Waals surface area contributed by atoms with Gasteiger partial charge in [-0.3, -0.25) is 9.69 Å². The minimum Gasteiger partial charge on any atom is -0.299 e. The minimum absolute atomic E-state index is 0.0306. The lowest BCUT2D eigenvalue weighted by molar-refractivity contribution is -0.126. The molecule has 1 fully saturated rings. The van der Waals surface area contributed by atoms with Crippen molar-refractivity contribution in [1.82, 2.24) is 10.3 Å². The fraction of sp³-hybridized carbons (Fsp3) is 0.364. The number of hydrogen-bond donors (Lipinski definition) is 1. The van der Waals surface area contributed by atoms with Gasteiger partial charge in [0.1, 0.15) is 0 Å². The largest absolute Gasteiger partial charge is 0.299 e. The van der Waals surface area contributed by atoms with Gasteiger partial charge in [-0.2, -0.15) is 5.10 Å². The van der Waals surface area contributed by atoms with Gasteiger partial charge in [0.2, 0.25) is 5.91 Å². The number of piperidine rings is 1. The predicted molar refractivity (Wildman–Crippen MR) is 111 cm³/mol. The highest BCUT2D eigenvalue weighted by molar-refractivity contribution is 6.30. The van der Waals surface area contributed by atoms with Crippen LogP contribution in [0, 0.1) is 5.92 Å². The normalized spacial score (nSPS) is 16.3. The average Bonchev–Trinajstić information content (AvgIpc) is 2.71. The predicted octanol–water partition coefficient (Wildman–Crippen LogP) is 4.48. The fourth-order valence-corrected chi connectivity index (χ4v) is 3.52. The standard InChI is InChI=1S/C22H26ClN3O/c1-2-21(18-6-4-3-5-7-18)24-25-22(27)19-12-14-26(15-13-19)16-17-8-10-20(23)11-9-17/h3-11,19H,2,12-16H2,1H3,(H,25,27). The molecule has 1 aliphatic rings. The van der Waals surface area contributed by atoms with Crippen molar-refractivity contribution < 1.29 is 4.79 Å². The van der Waals surface area contributed by atoms with Gasteiger partial charge in [-0.15, -0.1) is 0 Å². The second-order valence-electron chi connectivity index (χ2n) is 6.93. The molecule has 1 amide bonds. The summed E-state index contributed by atoms with van der Waals surface area (Å²) in [4.78, 5) is 14.9. The summed E-state index contributed by atoms with van der Waals surface area (Å²) in [5.41, 5.74) is 6.00. The number of nitrogens with zero attached hydrogens (tertiary/aromatic N) is 2. The molecular weight excluding hydrogens is 358 g/mol. The first kappa shape index (κ1) is 19.6. The van der Waals surface area contributed by atoms with Crippen LogP contribution in [0.4, 0.5) is 0 Å². The number of carbonyl (C=O) groups is 1. The average molecular weight is 384 g/mol. The van der Waals surface area contributed by atoms with E-state index in [2.05, 4.69) is 27.6 Å². The summed E-state index contributed by atoms with van der Waals surface area (Å²) in [5.74, 6) is 0.0621. The van der Waals surface area contributed by atoms with Crippen molar-refractivity contribution >= 4 is 23.2 Å². The van der Waals surface area contributed by atoms with E-state index in [1.807, 2.05) is 49.4 Å². The van der Waals surface area contributed by atoms with E-state index in [1.54, 1.807) is 0 Å². The van der Waals surface area contributed by atoms with Gasteiger partial charge >= 0.3 is 0 Å². The summed E-state index contributed by atoms with van der Waals surface area (Å²) < 4.78 is 0. The molecule has 3 rings (SSSR count). The molecule has 27 heavy (non-hydrogen) atoms. The number of nitrogens with one attached hydrogen (secondary N) is 1. The van der Waals surface area contributed by atoms with Gasteiger partial charge in [0.15, 0.2) is 0 Å². The third kappa shape index (κ3) is 5.65. The molecule has 2 aromatic carbocycles. The van der Waals surface area contributed by atoms with Gasteiger partial charge in [-0.05, 0) is 55.6 Å². The SMILES string of the molecule is CCC(=NNC(=O)C1CCN(Cc2ccc(Cl)cc2)CC1)c1ccccc1. The summed E-state index contributed by atoms with van der Waals surface area (Å²) in [7, 11) is 0. The second-order valence-corrected chi connectivity index (χ2v) is 7.37. The highest BCUT2D eigenvalue weighted by atomic mass is 35.5. The van der Waals surface area contributed by atoms with Crippen LogP contribution in [-0.4, -0.2) is 29.6 Å². The Hall–Kier alpha value is -2.17. The second kappa shape index (κ2) is 9.67. The Balaban J connectivity index is 1.49. The van der Waals surface area contributed by atoms with Crippen LogP contribution in [0.2, 0.25) is 5.02 Å².